The lowest BCUT2D eigenvalue weighted by Crippen LogP contribution is -2.10. The van der Waals surface area contributed by atoms with Crippen LogP contribution in [0, 0.1) is 6.92 Å². The van der Waals surface area contributed by atoms with Crippen molar-refractivity contribution in [3.63, 3.8) is 0 Å². The summed E-state index contributed by atoms with van der Waals surface area (Å²) < 4.78 is 11.3. The van der Waals surface area contributed by atoms with E-state index in [0.29, 0.717) is 22.6 Å². The molecule has 4 nitrogen and oxygen atoms in total. The Hall–Kier alpha value is -3.66. The largest absolute Gasteiger partial charge is 0.452 e. The Morgan fingerprint density at radius 3 is 2.39 bits per heavy atom. The lowest BCUT2D eigenvalue weighted by Gasteiger charge is -2.18. The Bertz CT molecular complexity index is 1190. The van der Waals surface area contributed by atoms with Gasteiger partial charge in [-0.1, -0.05) is 62.7 Å². The topological polar surface area (TPSA) is 52.6 Å². The van der Waals surface area contributed by atoms with Gasteiger partial charge < -0.3 is 9.47 Å². The number of esters is 1. The van der Waals surface area contributed by atoms with Gasteiger partial charge in [-0.05, 0) is 53.8 Å². The molecule has 0 unspecified atom stereocenters. The molecule has 0 amide bonds. The summed E-state index contributed by atoms with van der Waals surface area (Å²) in [5, 5.41) is 0. The quantitative estimate of drug-likeness (QED) is 0.295. The smallest absolute Gasteiger partial charge is 0.343 e. The van der Waals surface area contributed by atoms with Crippen molar-refractivity contribution in [2.45, 2.75) is 33.1 Å². The summed E-state index contributed by atoms with van der Waals surface area (Å²) in [6, 6.07) is 20.1. The van der Waals surface area contributed by atoms with Crippen molar-refractivity contribution < 1.29 is 19.1 Å². The van der Waals surface area contributed by atoms with E-state index in [9.17, 15) is 9.59 Å². The van der Waals surface area contributed by atoms with Crippen LogP contribution >= 0.6 is 0 Å². The monoisotopic (exact) mass is 412 g/mol. The predicted octanol–water partition coefficient (Wildman–Crippen LogP) is 6.13. The number of ketones is 1. The first kappa shape index (κ1) is 20.6. The first-order chi connectivity index (χ1) is 14.7. The van der Waals surface area contributed by atoms with Gasteiger partial charge in [0.25, 0.3) is 0 Å². The minimum atomic E-state index is -0.456. The second-order valence-corrected chi connectivity index (χ2v) is 8.73. The van der Waals surface area contributed by atoms with E-state index in [0.717, 1.165) is 11.1 Å². The molecule has 1 aliphatic rings. The van der Waals surface area contributed by atoms with Crippen molar-refractivity contribution in [1.29, 1.82) is 0 Å². The van der Waals surface area contributed by atoms with Crippen LogP contribution in [0.3, 0.4) is 0 Å². The molecule has 0 aliphatic carbocycles. The summed E-state index contributed by atoms with van der Waals surface area (Å²) in [5.74, 6) is 0.320. The Balaban J connectivity index is 1.53. The molecule has 31 heavy (non-hydrogen) atoms. The number of aryl methyl sites for hydroxylation is 1. The van der Waals surface area contributed by atoms with Crippen molar-refractivity contribution in [3.05, 3.63) is 100 Å². The molecule has 0 bridgehead atoms. The molecule has 0 fully saturated rings. The molecule has 0 radical (unpaired) electrons. The number of Topliss-reactive ketones (excluding diaryl/α,β-unsaturated/α-hetero) is 1. The molecule has 0 saturated heterocycles. The molecular weight excluding hydrogens is 388 g/mol. The predicted molar refractivity (Wildman–Crippen MR) is 121 cm³/mol. The van der Waals surface area contributed by atoms with E-state index in [1.54, 1.807) is 36.4 Å². The highest BCUT2D eigenvalue weighted by atomic mass is 16.5. The van der Waals surface area contributed by atoms with E-state index in [2.05, 4.69) is 32.9 Å². The summed E-state index contributed by atoms with van der Waals surface area (Å²) in [4.78, 5) is 25.1. The molecule has 1 aliphatic heterocycles. The van der Waals surface area contributed by atoms with Crippen molar-refractivity contribution >= 4 is 17.8 Å². The second-order valence-electron chi connectivity index (χ2n) is 8.73. The van der Waals surface area contributed by atoms with Crippen LogP contribution in [0.5, 0.6) is 11.5 Å². The Labute approximate surface area is 182 Å². The molecule has 4 heteroatoms. The van der Waals surface area contributed by atoms with Crippen LogP contribution in [0.25, 0.3) is 6.08 Å². The lowest BCUT2D eigenvalue weighted by atomic mass is 9.86. The molecule has 156 valence electrons. The number of hydrogen-bond acceptors (Lipinski definition) is 4. The van der Waals surface area contributed by atoms with Gasteiger partial charge in [-0.2, -0.15) is 0 Å². The van der Waals surface area contributed by atoms with Crippen LogP contribution < -0.4 is 9.47 Å². The second kappa shape index (κ2) is 7.88. The third kappa shape index (κ3) is 4.43. The highest BCUT2D eigenvalue weighted by Gasteiger charge is 2.28. The fraction of sp³-hybridized carbons (Fsp3) is 0.185. The molecule has 3 aromatic rings. The number of carbonyl (C=O) groups excluding carboxylic acids is 2. The summed E-state index contributed by atoms with van der Waals surface area (Å²) >= 11 is 0. The van der Waals surface area contributed by atoms with Gasteiger partial charge in [-0.3, -0.25) is 4.79 Å². The van der Waals surface area contributed by atoms with E-state index in [-0.39, 0.29) is 17.0 Å². The first-order valence-electron chi connectivity index (χ1n) is 10.2. The fourth-order valence-electron chi connectivity index (χ4n) is 3.40. The molecule has 0 atom stereocenters. The van der Waals surface area contributed by atoms with Crippen LogP contribution in [0.15, 0.2) is 72.5 Å². The SMILES string of the molecule is Cc1cccc(C(=O)Oc2ccc3c(c2)O/C(=C\c2ccc(C(C)(C)C)cc2)C3=O)c1. The molecule has 0 spiro atoms. The van der Waals surface area contributed by atoms with Gasteiger partial charge in [0.2, 0.25) is 5.78 Å². The van der Waals surface area contributed by atoms with E-state index in [1.165, 1.54) is 5.56 Å². The number of hydrogen-bond donors (Lipinski definition) is 0. The zero-order valence-electron chi connectivity index (χ0n) is 18.1. The third-order valence-corrected chi connectivity index (χ3v) is 5.18. The van der Waals surface area contributed by atoms with Gasteiger partial charge in [0, 0.05) is 6.07 Å². The average molecular weight is 412 g/mol. The maximum Gasteiger partial charge on any atom is 0.343 e. The summed E-state index contributed by atoms with van der Waals surface area (Å²) in [6.45, 7) is 8.38. The zero-order valence-corrected chi connectivity index (χ0v) is 18.1. The Morgan fingerprint density at radius 1 is 0.968 bits per heavy atom. The van der Waals surface area contributed by atoms with Crippen molar-refractivity contribution in [1.82, 2.24) is 0 Å². The van der Waals surface area contributed by atoms with Crippen LogP contribution in [0.1, 0.15) is 58.2 Å². The first-order valence-corrected chi connectivity index (χ1v) is 10.2. The van der Waals surface area contributed by atoms with E-state index in [1.807, 2.05) is 31.2 Å². The van der Waals surface area contributed by atoms with Gasteiger partial charge in [0.1, 0.15) is 11.5 Å². The van der Waals surface area contributed by atoms with Crippen molar-refractivity contribution in [3.8, 4) is 11.5 Å². The maximum absolute atomic E-state index is 12.7. The number of benzene rings is 3. The zero-order chi connectivity index (χ0) is 22.2. The Morgan fingerprint density at radius 2 is 1.71 bits per heavy atom. The molecule has 1 heterocycles. The van der Waals surface area contributed by atoms with Crippen LogP contribution in [-0.2, 0) is 5.41 Å². The van der Waals surface area contributed by atoms with Crippen molar-refractivity contribution in [2.75, 3.05) is 0 Å². The van der Waals surface area contributed by atoms with Gasteiger partial charge >= 0.3 is 5.97 Å². The van der Waals surface area contributed by atoms with Gasteiger partial charge in [0.05, 0.1) is 11.1 Å². The minimum absolute atomic E-state index is 0.0634. The van der Waals surface area contributed by atoms with Gasteiger partial charge in [-0.25, -0.2) is 4.79 Å². The third-order valence-electron chi connectivity index (χ3n) is 5.18. The highest BCUT2D eigenvalue weighted by Crippen LogP contribution is 2.35. The normalized spacial score (nSPS) is 14.3. The highest BCUT2D eigenvalue weighted by molar-refractivity contribution is 6.14. The molecule has 0 aromatic heterocycles. The van der Waals surface area contributed by atoms with E-state index < -0.39 is 5.97 Å². The van der Waals surface area contributed by atoms with Crippen molar-refractivity contribution in [2.24, 2.45) is 0 Å². The molecule has 4 rings (SSSR count). The van der Waals surface area contributed by atoms with Crippen LogP contribution in [-0.4, -0.2) is 11.8 Å². The summed E-state index contributed by atoms with van der Waals surface area (Å²) in [5.41, 5.74) is 4.06. The maximum atomic E-state index is 12.7. The van der Waals surface area contributed by atoms with Gasteiger partial charge in [-0.15, -0.1) is 0 Å². The van der Waals surface area contributed by atoms with E-state index in [4.69, 9.17) is 9.47 Å². The van der Waals surface area contributed by atoms with Crippen LogP contribution in [0.2, 0.25) is 0 Å². The molecular formula is C27H24O4. The molecule has 0 saturated carbocycles. The number of fused-ring (bicyclic) bond motifs is 1. The lowest BCUT2D eigenvalue weighted by molar-refractivity contribution is 0.0734. The summed E-state index contributed by atoms with van der Waals surface area (Å²) in [7, 11) is 0. The fourth-order valence-corrected chi connectivity index (χ4v) is 3.40. The van der Waals surface area contributed by atoms with Gasteiger partial charge in [0.15, 0.2) is 5.76 Å². The standard InChI is InChI=1S/C27H24O4/c1-17-6-5-7-19(14-17)26(29)30-21-12-13-22-23(16-21)31-24(25(22)28)15-18-8-10-20(11-9-18)27(2,3)4/h5-16H,1-4H3/b24-15-. The minimum Gasteiger partial charge on any atom is -0.452 e. The molecule has 3 aromatic carbocycles. The average Bonchev–Trinajstić information content (AvgIpc) is 3.02. The number of ether oxygens (including phenoxy) is 2. The number of carbonyl (C=O) groups is 2. The van der Waals surface area contributed by atoms with Crippen LogP contribution in [0.4, 0.5) is 0 Å². The van der Waals surface area contributed by atoms with E-state index >= 15 is 0 Å². The number of allylic oxidation sites excluding steroid dienone is 1. The molecule has 0 N–H and O–H groups in total. The Kier molecular flexibility index (Phi) is 5.24. The summed E-state index contributed by atoms with van der Waals surface area (Å²) in [6.07, 6.45) is 1.73. The number of rotatable bonds is 3.